The molecule has 0 saturated heterocycles. The first-order valence-electron chi connectivity index (χ1n) is 8.76. The summed E-state index contributed by atoms with van der Waals surface area (Å²) in [5, 5.41) is 12.8. The summed E-state index contributed by atoms with van der Waals surface area (Å²) in [7, 11) is 0. The number of para-hydroxylation sites is 1. The highest BCUT2D eigenvalue weighted by Gasteiger charge is 2.20. The van der Waals surface area contributed by atoms with E-state index in [4.69, 9.17) is 0 Å². The number of nitrogens with one attached hydrogen (secondary N) is 1. The number of rotatable bonds is 7. The number of hydrogen-bond acceptors (Lipinski definition) is 3. The Bertz CT molecular complexity index is 686. The summed E-state index contributed by atoms with van der Waals surface area (Å²) in [6, 6.07) is 13.8. The minimum atomic E-state index is -0.0895. The molecular formula is C21H28N2O2. The fraction of sp³-hybridized carbons (Fsp3) is 0.381. The van der Waals surface area contributed by atoms with E-state index in [1.807, 2.05) is 56.0 Å². The maximum atomic E-state index is 12.7. The van der Waals surface area contributed by atoms with E-state index in [-0.39, 0.29) is 25.1 Å². The second-order valence-electron chi connectivity index (χ2n) is 6.53. The molecule has 1 amide bonds. The van der Waals surface area contributed by atoms with Gasteiger partial charge in [-0.1, -0.05) is 42.8 Å². The second-order valence-corrected chi connectivity index (χ2v) is 6.53. The van der Waals surface area contributed by atoms with Gasteiger partial charge in [0, 0.05) is 11.4 Å². The van der Waals surface area contributed by atoms with E-state index in [1.54, 1.807) is 0 Å². The van der Waals surface area contributed by atoms with Gasteiger partial charge in [-0.3, -0.25) is 4.79 Å². The fourth-order valence-electron chi connectivity index (χ4n) is 3.21. The number of anilines is 2. The summed E-state index contributed by atoms with van der Waals surface area (Å²) < 4.78 is 0. The normalized spacial score (nSPS) is 11.9. The van der Waals surface area contributed by atoms with Crippen molar-refractivity contribution in [2.45, 2.75) is 40.2 Å². The number of benzene rings is 2. The monoisotopic (exact) mass is 340 g/mol. The Hall–Kier alpha value is -2.33. The third kappa shape index (κ3) is 4.83. The molecule has 2 N–H and O–H groups in total. The predicted molar refractivity (Wildman–Crippen MR) is 104 cm³/mol. The lowest BCUT2D eigenvalue weighted by molar-refractivity contribution is -0.115. The molecule has 0 heterocycles. The van der Waals surface area contributed by atoms with Gasteiger partial charge in [-0.2, -0.15) is 0 Å². The van der Waals surface area contributed by atoms with Crippen molar-refractivity contribution < 1.29 is 9.90 Å². The molecule has 0 saturated carbocycles. The number of hydrogen-bond donors (Lipinski definition) is 2. The SMILES string of the molecule is CCC(CO)N(CC(=O)Nc1c(C)cc(C)cc1C)c1ccccc1. The van der Waals surface area contributed by atoms with Crippen LogP contribution in [0.3, 0.4) is 0 Å². The van der Waals surface area contributed by atoms with Crippen molar-refractivity contribution in [3.8, 4) is 0 Å². The standard InChI is InChI=1S/C21H28N2O2/c1-5-18(14-24)23(19-9-7-6-8-10-19)13-20(25)22-21-16(3)11-15(2)12-17(21)4/h6-12,18,24H,5,13-14H2,1-4H3,(H,22,25). The maximum Gasteiger partial charge on any atom is 0.243 e. The van der Waals surface area contributed by atoms with Gasteiger partial charge < -0.3 is 15.3 Å². The lowest BCUT2D eigenvalue weighted by Gasteiger charge is -2.31. The minimum Gasteiger partial charge on any atom is -0.394 e. The molecule has 0 fully saturated rings. The van der Waals surface area contributed by atoms with Gasteiger partial charge in [0.15, 0.2) is 0 Å². The summed E-state index contributed by atoms with van der Waals surface area (Å²) >= 11 is 0. The molecule has 0 spiro atoms. The summed E-state index contributed by atoms with van der Waals surface area (Å²) in [6.45, 7) is 8.30. The quantitative estimate of drug-likeness (QED) is 0.805. The van der Waals surface area contributed by atoms with Crippen LogP contribution in [0.25, 0.3) is 0 Å². The molecule has 25 heavy (non-hydrogen) atoms. The highest BCUT2D eigenvalue weighted by molar-refractivity contribution is 5.95. The van der Waals surface area contributed by atoms with Crippen LogP contribution >= 0.6 is 0 Å². The largest absolute Gasteiger partial charge is 0.394 e. The van der Waals surface area contributed by atoms with Crippen LogP contribution in [0, 0.1) is 20.8 Å². The number of nitrogens with zero attached hydrogens (tertiary/aromatic N) is 1. The van der Waals surface area contributed by atoms with Crippen LogP contribution < -0.4 is 10.2 Å². The van der Waals surface area contributed by atoms with Gasteiger partial charge in [0.2, 0.25) is 5.91 Å². The molecule has 0 aliphatic heterocycles. The molecule has 2 rings (SSSR count). The second kappa shape index (κ2) is 8.67. The number of carbonyl (C=O) groups excluding carboxylic acids is 1. The van der Waals surface area contributed by atoms with Crippen LogP contribution in [0.2, 0.25) is 0 Å². The molecule has 2 aromatic rings. The third-order valence-corrected chi connectivity index (χ3v) is 4.47. The van der Waals surface area contributed by atoms with Crippen LogP contribution in [0.15, 0.2) is 42.5 Å². The Kier molecular flexibility index (Phi) is 6.59. The number of aliphatic hydroxyl groups is 1. The van der Waals surface area contributed by atoms with Crippen LogP contribution in [-0.4, -0.2) is 30.2 Å². The third-order valence-electron chi connectivity index (χ3n) is 4.47. The van der Waals surface area contributed by atoms with Crippen LogP contribution in [-0.2, 0) is 4.79 Å². The predicted octanol–water partition coefficient (Wildman–Crippen LogP) is 3.83. The van der Waals surface area contributed by atoms with Crippen molar-refractivity contribution in [2.75, 3.05) is 23.4 Å². The first-order valence-corrected chi connectivity index (χ1v) is 8.76. The molecule has 0 radical (unpaired) electrons. The van der Waals surface area contributed by atoms with Crippen LogP contribution in [0.1, 0.15) is 30.0 Å². The molecule has 1 atom stereocenters. The molecule has 0 aliphatic carbocycles. The van der Waals surface area contributed by atoms with E-state index in [2.05, 4.69) is 24.4 Å². The first-order chi connectivity index (χ1) is 12.0. The highest BCUT2D eigenvalue weighted by atomic mass is 16.3. The van der Waals surface area contributed by atoms with Crippen LogP contribution in [0.4, 0.5) is 11.4 Å². The molecule has 1 unspecified atom stereocenters. The number of carbonyl (C=O) groups is 1. The van der Waals surface area contributed by atoms with E-state index in [0.717, 1.165) is 28.9 Å². The van der Waals surface area contributed by atoms with Gasteiger partial charge in [-0.25, -0.2) is 0 Å². The fourth-order valence-corrected chi connectivity index (χ4v) is 3.21. The van der Waals surface area contributed by atoms with Crippen molar-refractivity contribution >= 4 is 17.3 Å². The zero-order chi connectivity index (χ0) is 18.4. The Labute approximate surface area is 150 Å². The molecule has 134 valence electrons. The summed E-state index contributed by atoms with van der Waals surface area (Å²) in [5.41, 5.74) is 5.12. The smallest absolute Gasteiger partial charge is 0.243 e. The number of aliphatic hydroxyl groups excluding tert-OH is 1. The lowest BCUT2D eigenvalue weighted by atomic mass is 10.1. The van der Waals surface area contributed by atoms with Gasteiger partial charge in [0.25, 0.3) is 0 Å². The van der Waals surface area contributed by atoms with E-state index in [9.17, 15) is 9.90 Å². The average Bonchev–Trinajstić information content (AvgIpc) is 2.59. The molecule has 0 aromatic heterocycles. The van der Waals surface area contributed by atoms with E-state index in [0.29, 0.717) is 0 Å². The van der Waals surface area contributed by atoms with Crippen molar-refractivity contribution in [2.24, 2.45) is 0 Å². The summed E-state index contributed by atoms with van der Waals surface area (Å²) in [5.74, 6) is -0.0780. The van der Waals surface area contributed by atoms with Crippen molar-refractivity contribution in [1.82, 2.24) is 0 Å². The topological polar surface area (TPSA) is 52.6 Å². The Morgan fingerprint density at radius 3 is 2.24 bits per heavy atom. The van der Waals surface area contributed by atoms with Gasteiger partial charge in [-0.05, 0) is 50.5 Å². The van der Waals surface area contributed by atoms with Gasteiger partial charge in [0.1, 0.15) is 0 Å². The van der Waals surface area contributed by atoms with Crippen LogP contribution in [0.5, 0.6) is 0 Å². The van der Waals surface area contributed by atoms with Gasteiger partial charge in [0.05, 0.1) is 19.2 Å². The number of aryl methyl sites for hydroxylation is 3. The van der Waals surface area contributed by atoms with E-state index in [1.165, 1.54) is 5.56 Å². The Morgan fingerprint density at radius 2 is 1.72 bits per heavy atom. The van der Waals surface area contributed by atoms with Crippen molar-refractivity contribution in [3.63, 3.8) is 0 Å². The lowest BCUT2D eigenvalue weighted by Crippen LogP contribution is -2.43. The molecule has 4 nitrogen and oxygen atoms in total. The summed E-state index contributed by atoms with van der Waals surface area (Å²) in [6.07, 6.45) is 0.765. The first kappa shape index (κ1) is 19.0. The molecule has 2 aromatic carbocycles. The molecule has 0 bridgehead atoms. The van der Waals surface area contributed by atoms with Gasteiger partial charge in [-0.15, -0.1) is 0 Å². The summed E-state index contributed by atoms with van der Waals surface area (Å²) in [4.78, 5) is 14.7. The van der Waals surface area contributed by atoms with E-state index >= 15 is 0 Å². The molecule has 0 aliphatic rings. The Balaban J connectivity index is 2.20. The average molecular weight is 340 g/mol. The maximum absolute atomic E-state index is 12.7. The zero-order valence-electron chi connectivity index (χ0n) is 15.5. The highest BCUT2D eigenvalue weighted by Crippen LogP contribution is 2.23. The zero-order valence-corrected chi connectivity index (χ0v) is 15.5. The molecular weight excluding hydrogens is 312 g/mol. The Morgan fingerprint density at radius 1 is 1.12 bits per heavy atom. The molecule has 4 heteroatoms. The van der Waals surface area contributed by atoms with Gasteiger partial charge >= 0.3 is 0 Å². The van der Waals surface area contributed by atoms with Crippen molar-refractivity contribution in [3.05, 3.63) is 59.2 Å². The number of amides is 1. The minimum absolute atomic E-state index is 0.0151. The van der Waals surface area contributed by atoms with Crippen molar-refractivity contribution in [1.29, 1.82) is 0 Å². The van der Waals surface area contributed by atoms with E-state index < -0.39 is 0 Å².